The number of aryl methyl sites for hydroxylation is 1. The van der Waals surface area contributed by atoms with E-state index in [1.165, 1.54) is 0 Å². The van der Waals surface area contributed by atoms with Gasteiger partial charge in [0.1, 0.15) is 5.78 Å². The average molecular weight is 236 g/mol. The highest BCUT2D eigenvalue weighted by Gasteiger charge is 2.08. The molecule has 0 fully saturated rings. The number of carbonyl (C=O) groups excluding carboxylic acids is 1. The van der Waals surface area contributed by atoms with Crippen LogP contribution >= 0.6 is 11.6 Å². The van der Waals surface area contributed by atoms with Crippen LogP contribution in [-0.4, -0.2) is 11.7 Å². The second-order valence-electron chi connectivity index (χ2n) is 3.75. The first-order valence-corrected chi connectivity index (χ1v) is 5.75. The van der Waals surface area contributed by atoms with Crippen LogP contribution in [0.1, 0.15) is 24.0 Å². The van der Waals surface area contributed by atoms with Crippen LogP contribution in [0.2, 0.25) is 0 Å². The molecule has 1 aromatic carbocycles. The summed E-state index contributed by atoms with van der Waals surface area (Å²) in [6.07, 6.45) is 1.55. The number of nitrogens with zero attached hydrogens (tertiary/aromatic N) is 1. The van der Waals surface area contributed by atoms with Crippen LogP contribution in [0.4, 0.5) is 5.69 Å². The van der Waals surface area contributed by atoms with Crippen molar-refractivity contribution in [3.05, 3.63) is 40.7 Å². The maximum Gasteiger partial charge on any atom is 0.190 e. The van der Waals surface area contributed by atoms with Gasteiger partial charge < -0.3 is 0 Å². The number of hydrogen-bond acceptors (Lipinski definition) is 1. The molecule has 0 heterocycles. The van der Waals surface area contributed by atoms with E-state index >= 15 is 0 Å². The van der Waals surface area contributed by atoms with Gasteiger partial charge in [-0.1, -0.05) is 23.8 Å². The lowest BCUT2D eigenvalue weighted by Crippen LogP contribution is -2.03. The predicted molar refractivity (Wildman–Crippen MR) is 66.1 cm³/mol. The summed E-state index contributed by atoms with van der Waals surface area (Å²) in [5.74, 6) is 0.658. The summed E-state index contributed by atoms with van der Waals surface area (Å²) in [7, 11) is 0. The van der Waals surface area contributed by atoms with Gasteiger partial charge in [-0.25, -0.2) is 4.85 Å². The van der Waals surface area contributed by atoms with Crippen molar-refractivity contribution in [3.63, 3.8) is 0 Å². The van der Waals surface area contributed by atoms with E-state index in [0.29, 0.717) is 30.8 Å². The van der Waals surface area contributed by atoms with Crippen LogP contribution in [0.25, 0.3) is 4.85 Å². The standard InChI is InChI=1S/C13H14ClNO/c1-10-5-6-13(15-2)11(8-10)9-12(16)4-3-7-14/h5-6,8H,3-4,7,9H2,1H3. The summed E-state index contributed by atoms with van der Waals surface area (Å²) >= 11 is 5.53. The van der Waals surface area contributed by atoms with Gasteiger partial charge >= 0.3 is 0 Å². The Labute approximate surface area is 101 Å². The lowest BCUT2D eigenvalue weighted by atomic mass is 10.0. The van der Waals surface area contributed by atoms with E-state index in [-0.39, 0.29) is 5.78 Å². The lowest BCUT2D eigenvalue weighted by molar-refractivity contribution is -0.118. The van der Waals surface area contributed by atoms with Gasteiger partial charge in [-0.15, -0.1) is 11.6 Å². The third-order valence-electron chi connectivity index (χ3n) is 2.33. The molecule has 2 nitrogen and oxygen atoms in total. The smallest absolute Gasteiger partial charge is 0.190 e. The van der Waals surface area contributed by atoms with Crippen LogP contribution in [0.5, 0.6) is 0 Å². The van der Waals surface area contributed by atoms with E-state index in [1.807, 2.05) is 19.1 Å². The maximum absolute atomic E-state index is 11.6. The Hall–Kier alpha value is -1.33. The summed E-state index contributed by atoms with van der Waals surface area (Å²) < 4.78 is 0. The molecule has 0 N–H and O–H groups in total. The Morgan fingerprint density at radius 3 is 2.88 bits per heavy atom. The lowest BCUT2D eigenvalue weighted by Gasteiger charge is -2.04. The quantitative estimate of drug-likeness (QED) is 0.564. The highest BCUT2D eigenvalue weighted by molar-refractivity contribution is 6.17. The maximum atomic E-state index is 11.6. The molecular weight excluding hydrogens is 222 g/mol. The third-order valence-corrected chi connectivity index (χ3v) is 2.60. The predicted octanol–water partition coefficient (Wildman–Crippen LogP) is 3.68. The van der Waals surface area contributed by atoms with E-state index in [0.717, 1.165) is 11.1 Å². The van der Waals surface area contributed by atoms with Gasteiger partial charge in [0.15, 0.2) is 5.69 Å². The topological polar surface area (TPSA) is 21.4 Å². The van der Waals surface area contributed by atoms with Gasteiger partial charge in [0.2, 0.25) is 0 Å². The van der Waals surface area contributed by atoms with E-state index in [4.69, 9.17) is 18.2 Å². The van der Waals surface area contributed by atoms with E-state index in [1.54, 1.807) is 6.07 Å². The van der Waals surface area contributed by atoms with Crippen molar-refractivity contribution in [1.29, 1.82) is 0 Å². The number of rotatable bonds is 5. The first kappa shape index (κ1) is 12.7. The summed E-state index contributed by atoms with van der Waals surface area (Å²) in [6, 6.07) is 5.57. The molecule has 0 spiro atoms. The number of Topliss-reactive ketones (excluding diaryl/α,β-unsaturated/α-hetero) is 1. The summed E-state index contributed by atoms with van der Waals surface area (Å²) in [6.45, 7) is 8.99. The SMILES string of the molecule is [C-]#[N+]c1ccc(C)cc1CC(=O)CCCCl. The van der Waals surface area contributed by atoms with Crippen molar-refractivity contribution in [2.75, 3.05) is 5.88 Å². The zero-order chi connectivity index (χ0) is 12.0. The van der Waals surface area contributed by atoms with Crippen molar-refractivity contribution in [2.24, 2.45) is 0 Å². The zero-order valence-electron chi connectivity index (χ0n) is 9.29. The molecule has 0 saturated heterocycles. The van der Waals surface area contributed by atoms with Gasteiger partial charge in [0.25, 0.3) is 0 Å². The molecule has 0 unspecified atom stereocenters. The van der Waals surface area contributed by atoms with Crippen LogP contribution < -0.4 is 0 Å². The number of carbonyl (C=O) groups is 1. The third kappa shape index (κ3) is 3.67. The molecule has 0 amide bonds. The Bertz CT molecular complexity index is 420. The molecule has 84 valence electrons. The molecule has 3 heteroatoms. The first-order valence-electron chi connectivity index (χ1n) is 5.22. The number of alkyl halides is 1. The van der Waals surface area contributed by atoms with E-state index < -0.39 is 0 Å². The number of hydrogen-bond donors (Lipinski definition) is 0. The Kier molecular flexibility index (Phi) is 5.01. The fourth-order valence-electron chi connectivity index (χ4n) is 1.53. The fourth-order valence-corrected chi connectivity index (χ4v) is 1.66. The molecular formula is C13H14ClNO. The largest absolute Gasteiger partial charge is 0.299 e. The van der Waals surface area contributed by atoms with Gasteiger partial charge in [0, 0.05) is 18.7 Å². The summed E-state index contributed by atoms with van der Waals surface area (Å²) in [5, 5.41) is 0. The van der Waals surface area contributed by atoms with Crippen LogP contribution in [-0.2, 0) is 11.2 Å². The van der Waals surface area contributed by atoms with Crippen molar-refractivity contribution >= 4 is 23.1 Å². The van der Waals surface area contributed by atoms with Gasteiger partial charge in [0.05, 0.1) is 6.57 Å². The summed E-state index contributed by atoms with van der Waals surface area (Å²) in [5.41, 5.74) is 2.48. The second-order valence-corrected chi connectivity index (χ2v) is 4.13. The molecule has 0 atom stereocenters. The molecule has 16 heavy (non-hydrogen) atoms. The first-order chi connectivity index (χ1) is 7.67. The molecule has 0 aliphatic carbocycles. The molecule has 1 rings (SSSR count). The zero-order valence-corrected chi connectivity index (χ0v) is 10.0. The molecule has 0 radical (unpaired) electrons. The molecule has 0 aromatic heterocycles. The monoisotopic (exact) mass is 235 g/mol. The number of halogens is 1. The highest BCUT2D eigenvalue weighted by atomic mass is 35.5. The van der Waals surface area contributed by atoms with Crippen LogP contribution in [0, 0.1) is 13.5 Å². The molecule has 0 aliphatic heterocycles. The van der Waals surface area contributed by atoms with Crippen molar-refractivity contribution in [1.82, 2.24) is 0 Å². The van der Waals surface area contributed by atoms with Crippen molar-refractivity contribution in [2.45, 2.75) is 26.2 Å². The number of benzene rings is 1. The fraction of sp³-hybridized carbons (Fsp3) is 0.385. The highest BCUT2D eigenvalue weighted by Crippen LogP contribution is 2.21. The van der Waals surface area contributed by atoms with Gasteiger partial charge in [-0.2, -0.15) is 0 Å². The molecule has 0 aliphatic rings. The normalized spacial score (nSPS) is 9.81. The minimum atomic E-state index is 0.149. The molecule has 1 aromatic rings. The molecule has 0 saturated carbocycles. The van der Waals surface area contributed by atoms with E-state index in [9.17, 15) is 4.79 Å². The number of ketones is 1. The van der Waals surface area contributed by atoms with Gasteiger partial charge in [-0.3, -0.25) is 4.79 Å². The van der Waals surface area contributed by atoms with Crippen LogP contribution in [0.15, 0.2) is 18.2 Å². The Morgan fingerprint density at radius 2 is 2.25 bits per heavy atom. The van der Waals surface area contributed by atoms with Crippen molar-refractivity contribution < 1.29 is 4.79 Å². The van der Waals surface area contributed by atoms with E-state index in [2.05, 4.69) is 4.85 Å². The minimum absolute atomic E-state index is 0.149. The summed E-state index contributed by atoms with van der Waals surface area (Å²) in [4.78, 5) is 15.0. The average Bonchev–Trinajstić information content (AvgIpc) is 2.27. The second kappa shape index (κ2) is 6.30. The van der Waals surface area contributed by atoms with Gasteiger partial charge in [-0.05, 0) is 18.9 Å². The Morgan fingerprint density at radius 1 is 1.50 bits per heavy atom. The molecule has 0 bridgehead atoms. The van der Waals surface area contributed by atoms with Crippen molar-refractivity contribution in [3.8, 4) is 0 Å². The van der Waals surface area contributed by atoms with Crippen LogP contribution in [0.3, 0.4) is 0 Å². The Balaban J connectivity index is 2.76. The minimum Gasteiger partial charge on any atom is -0.299 e.